The van der Waals surface area contributed by atoms with Gasteiger partial charge in [-0.05, 0) is 41.8 Å². The predicted octanol–water partition coefficient (Wildman–Crippen LogP) is 4.11. The second-order valence-electron chi connectivity index (χ2n) is 4.39. The first-order valence-corrected chi connectivity index (χ1v) is 6.69. The molecule has 2 aromatic rings. The van der Waals surface area contributed by atoms with Gasteiger partial charge in [-0.3, -0.25) is 4.79 Å². The van der Waals surface area contributed by atoms with Crippen molar-refractivity contribution in [1.82, 2.24) is 0 Å². The zero-order chi connectivity index (χ0) is 14.7. The molecule has 0 aliphatic rings. The summed E-state index contributed by atoms with van der Waals surface area (Å²) in [7, 11) is 0. The van der Waals surface area contributed by atoms with Gasteiger partial charge in [0, 0.05) is 10.0 Å². The van der Waals surface area contributed by atoms with E-state index >= 15 is 0 Å². The highest BCUT2D eigenvalue weighted by Gasteiger charge is 2.22. The number of hydrogen-bond acceptors (Lipinski definition) is 2. The molecule has 0 bridgehead atoms. The highest BCUT2D eigenvalue weighted by atomic mass is 35.5. The van der Waals surface area contributed by atoms with Crippen LogP contribution in [0.3, 0.4) is 0 Å². The quantitative estimate of drug-likeness (QED) is 0.893. The van der Waals surface area contributed by atoms with Gasteiger partial charge in [0.2, 0.25) is 0 Å². The lowest BCUT2D eigenvalue weighted by Crippen LogP contribution is -2.14. The second kappa shape index (κ2) is 6.16. The Labute approximate surface area is 126 Å². The molecule has 0 amide bonds. The Morgan fingerprint density at radius 1 is 1.05 bits per heavy atom. The third kappa shape index (κ3) is 3.24. The van der Waals surface area contributed by atoms with Crippen LogP contribution in [0.1, 0.15) is 17.0 Å². The first-order valence-electron chi connectivity index (χ1n) is 5.93. The summed E-state index contributed by atoms with van der Waals surface area (Å²) in [6.07, 6.45) is 0.193. The van der Waals surface area contributed by atoms with Crippen LogP contribution >= 0.6 is 23.2 Å². The fraction of sp³-hybridized carbons (Fsp3) is 0.133. The van der Waals surface area contributed by atoms with Crippen LogP contribution < -0.4 is 0 Å². The molecule has 1 unspecified atom stereocenters. The number of carboxylic acid groups (broad SMARTS) is 1. The Bertz CT molecular complexity index is 603. The average Bonchev–Trinajstić information content (AvgIpc) is 2.39. The van der Waals surface area contributed by atoms with Crippen LogP contribution in [0.15, 0.2) is 42.5 Å². The summed E-state index contributed by atoms with van der Waals surface area (Å²) >= 11 is 12.1. The number of aliphatic carboxylic acids is 1. The number of aromatic hydroxyl groups is 1. The van der Waals surface area contributed by atoms with Gasteiger partial charge >= 0.3 is 5.97 Å². The SMILES string of the molecule is O=C(O)C(Cc1c(Cl)cccc1Cl)c1ccc(O)cc1. The van der Waals surface area contributed by atoms with Crippen LogP contribution in [0, 0.1) is 0 Å². The maximum Gasteiger partial charge on any atom is 0.311 e. The van der Waals surface area contributed by atoms with Crippen LogP contribution in [-0.2, 0) is 11.2 Å². The molecule has 1 atom stereocenters. The summed E-state index contributed by atoms with van der Waals surface area (Å²) in [6.45, 7) is 0. The Kier molecular flexibility index (Phi) is 4.53. The topological polar surface area (TPSA) is 57.5 Å². The van der Waals surface area contributed by atoms with Crippen molar-refractivity contribution in [2.45, 2.75) is 12.3 Å². The second-order valence-corrected chi connectivity index (χ2v) is 5.20. The maximum atomic E-state index is 11.5. The largest absolute Gasteiger partial charge is 0.508 e. The van der Waals surface area contributed by atoms with E-state index in [1.54, 1.807) is 30.3 Å². The van der Waals surface area contributed by atoms with E-state index in [9.17, 15) is 15.0 Å². The number of rotatable bonds is 4. The van der Waals surface area contributed by atoms with Gasteiger partial charge in [0.15, 0.2) is 0 Å². The van der Waals surface area contributed by atoms with Crippen molar-refractivity contribution in [3.05, 3.63) is 63.6 Å². The van der Waals surface area contributed by atoms with E-state index < -0.39 is 11.9 Å². The van der Waals surface area contributed by atoms with Gasteiger partial charge in [0.1, 0.15) is 5.75 Å². The van der Waals surface area contributed by atoms with Crippen LogP contribution in [0.2, 0.25) is 10.0 Å². The standard InChI is InChI=1S/C15H12Cl2O3/c16-13-2-1-3-14(17)12(13)8-11(15(19)20)9-4-6-10(18)7-5-9/h1-7,11,18H,8H2,(H,19,20). The minimum Gasteiger partial charge on any atom is -0.508 e. The minimum absolute atomic E-state index is 0.0914. The third-order valence-corrected chi connectivity index (χ3v) is 3.77. The van der Waals surface area contributed by atoms with Crippen molar-refractivity contribution in [2.24, 2.45) is 0 Å². The number of phenols is 1. The van der Waals surface area contributed by atoms with Crippen molar-refractivity contribution in [2.75, 3.05) is 0 Å². The normalized spacial score (nSPS) is 12.1. The average molecular weight is 311 g/mol. The fourth-order valence-electron chi connectivity index (χ4n) is 1.99. The Hall–Kier alpha value is -1.71. The first kappa shape index (κ1) is 14.7. The molecule has 0 spiro atoms. The molecular weight excluding hydrogens is 299 g/mol. The third-order valence-electron chi connectivity index (χ3n) is 3.06. The van der Waals surface area contributed by atoms with Gasteiger partial charge in [-0.1, -0.05) is 41.4 Å². The molecule has 0 saturated carbocycles. The summed E-state index contributed by atoms with van der Waals surface area (Å²) in [5.74, 6) is -1.65. The van der Waals surface area contributed by atoms with Gasteiger partial charge in [0.25, 0.3) is 0 Å². The summed E-state index contributed by atoms with van der Waals surface area (Å²) in [6, 6.07) is 11.2. The number of carbonyl (C=O) groups is 1. The molecule has 3 nitrogen and oxygen atoms in total. The molecule has 0 aliphatic heterocycles. The maximum absolute atomic E-state index is 11.5. The lowest BCUT2D eigenvalue weighted by Gasteiger charge is -2.15. The highest BCUT2D eigenvalue weighted by molar-refractivity contribution is 6.36. The number of carboxylic acids is 1. The highest BCUT2D eigenvalue weighted by Crippen LogP contribution is 2.31. The first-order chi connectivity index (χ1) is 9.49. The van der Waals surface area contributed by atoms with E-state index in [0.29, 0.717) is 21.2 Å². The minimum atomic E-state index is -0.966. The molecule has 0 fully saturated rings. The van der Waals surface area contributed by atoms with Crippen LogP contribution in [0.4, 0.5) is 0 Å². The zero-order valence-corrected chi connectivity index (χ0v) is 11.9. The fourth-order valence-corrected chi connectivity index (χ4v) is 2.54. The van der Waals surface area contributed by atoms with E-state index in [4.69, 9.17) is 23.2 Å². The molecule has 5 heteroatoms. The molecule has 2 aromatic carbocycles. The van der Waals surface area contributed by atoms with Gasteiger partial charge in [0.05, 0.1) is 5.92 Å². The number of hydrogen-bond donors (Lipinski definition) is 2. The smallest absolute Gasteiger partial charge is 0.311 e. The lowest BCUT2D eigenvalue weighted by molar-refractivity contribution is -0.138. The molecule has 0 aromatic heterocycles. The summed E-state index contributed by atoms with van der Waals surface area (Å²) in [4.78, 5) is 11.5. The van der Waals surface area contributed by atoms with Gasteiger partial charge in [-0.25, -0.2) is 0 Å². The van der Waals surface area contributed by atoms with E-state index in [1.165, 1.54) is 12.1 Å². The van der Waals surface area contributed by atoms with E-state index in [2.05, 4.69) is 0 Å². The summed E-state index contributed by atoms with van der Waals surface area (Å²) in [5, 5.41) is 19.5. The van der Waals surface area contributed by atoms with Crippen molar-refractivity contribution in [3.8, 4) is 5.75 Å². The van der Waals surface area contributed by atoms with Gasteiger partial charge < -0.3 is 10.2 Å². The predicted molar refractivity (Wildman–Crippen MR) is 78.6 cm³/mol. The molecule has 0 saturated heterocycles. The van der Waals surface area contributed by atoms with E-state index in [0.717, 1.165) is 0 Å². The molecule has 104 valence electrons. The van der Waals surface area contributed by atoms with Crippen LogP contribution in [0.25, 0.3) is 0 Å². The summed E-state index contributed by atoms with van der Waals surface area (Å²) < 4.78 is 0. The molecule has 0 aliphatic carbocycles. The summed E-state index contributed by atoms with van der Waals surface area (Å²) in [5.41, 5.74) is 1.20. The molecular formula is C15H12Cl2O3. The zero-order valence-electron chi connectivity index (χ0n) is 10.4. The molecule has 2 rings (SSSR count). The number of phenolic OH excluding ortho intramolecular Hbond substituents is 1. The van der Waals surface area contributed by atoms with Crippen LogP contribution in [-0.4, -0.2) is 16.2 Å². The Morgan fingerprint density at radius 3 is 2.10 bits per heavy atom. The van der Waals surface area contributed by atoms with E-state index in [-0.39, 0.29) is 12.2 Å². The molecule has 20 heavy (non-hydrogen) atoms. The van der Waals surface area contributed by atoms with Crippen molar-refractivity contribution in [1.29, 1.82) is 0 Å². The Morgan fingerprint density at radius 2 is 1.60 bits per heavy atom. The van der Waals surface area contributed by atoms with Crippen LogP contribution in [0.5, 0.6) is 5.75 Å². The number of benzene rings is 2. The van der Waals surface area contributed by atoms with Crippen molar-refractivity contribution < 1.29 is 15.0 Å². The monoisotopic (exact) mass is 310 g/mol. The van der Waals surface area contributed by atoms with Gasteiger partial charge in [-0.2, -0.15) is 0 Å². The molecule has 0 heterocycles. The van der Waals surface area contributed by atoms with E-state index in [1.807, 2.05) is 0 Å². The molecule has 0 radical (unpaired) electrons. The van der Waals surface area contributed by atoms with Crippen molar-refractivity contribution in [3.63, 3.8) is 0 Å². The Balaban J connectivity index is 2.35. The van der Waals surface area contributed by atoms with Crippen molar-refractivity contribution >= 4 is 29.2 Å². The van der Waals surface area contributed by atoms with Gasteiger partial charge in [-0.15, -0.1) is 0 Å². The number of halogens is 2. The lowest BCUT2D eigenvalue weighted by atomic mass is 9.92. The molecule has 2 N–H and O–H groups in total.